The number of rotatable bonds is 2. The van der Waals surface area contributed by atoms with E-state index in [4.69, 9.17) is 16.9 Å². The number of benzene rings is 1. The summed E-state index contributed by atoms with van der Waals surface area (Å²) in [6, 6.07) is 11.5. The summed E-state index contributed by atoms with van der Waals surface area (Å²) in [7, 11) is 1.92. The molecule has 21 heavy (non-hydrogen) atoms. The van der Waals surface area contributed by atoms with E-state index in [-0.39, 0.29) is 5.28 Å². The number of nitriles is 1. The summed E-state index contributed by atoms with van der Waals surface area (Å²) in [4.78, 5) is 12.6. The van der Waals surface area contributed by atoms with Crippen molar-refractivity contribution in [2.75, 3.05) is 11.9 Å². The fourth-order valence-corrected chi connectivity index (χ4v) is 3.23. The molecule has 104 valence electrons. The second-order valence-electron chi connectivity index (χ2n) is 4.61. The molecule has 0 aliphatic rings. The highest BCUT2D eigenvalue weighted by Gasteiger charge is 2.14. The predicted molar refractivity (Wildman–Crippen MR) is 86.4 cm³/mol. The summed E-state index contributed by atoms with van der Waals surface area (Å²) < 4.78 is 0. The van der Waals surface area contributed by atoms with E-state index in [1.165, 1.54) is 0 Å². The molecule has 0 aliphatic heterocycles. The number of hydrogen-bond donors (Lipinski definition) is 0. The van der Waals surface area contributed by atoms with Gasteiger partial charge in [0, 0.05) is 17.6 Å². The number of thiophene rings is 1. The maximum atomic E-state index is 8.86. The molecule has 0 saturated heterocycles. The van der Waals surface area contributed by atoms with Crippen molar-refractivity contribution >= 4 is 44.7 Å². The second-order valence-corrected chi connectivity index (χ2v) is 6.18. The first kappa shape index (κ1) is 13.8. The van der Waals surface area contributed by atoms with Gasteiger partial charge in [0.05, 0.1) is 17.0 Å². The third-order valence-electron chi connectivity index (χ3n) is 3.17. The molecule has 6 heteroatoms. The Morgan fingerprint density at radius 1 is 1.24 bits per heavy atom. The minimum Gasteiger partial charge on any atom is -0.329 e. The van der Waals surface area contributed by atoms with E-state index >= 15 is 0 Å². The highest BCUT2D eigenvalue weighted by Crippen LogP contribution is 2.34. The van der Waals surface area contributed by atoms with E-state index in [0.717, 1.165) is 26.6 Å². The molecule has 3 rings (SSSR count). The van der Waals surface area contributed by atoms with Crippen molar-refractivity contribution in [1.29, 1.82) is 5.26 Å². The van der Waals surface area contributed by atoms with Gasteiger partial charge < -0.3 is 4.90 Å². The van der Waals surface area contributed by atoms with Crippen LogP contribution in [0.2, 0.25) is 5.28 Å². The summed E-state index contributed by atoms with van der Waals surface area (Å²) in [5.41, 5.74) is 1.57. The van der Waals surface area contributed by atoms with Crippen LogP contribution in [0.5, 0.6) is 0 Å². The predicted octanol–water partition coefficient (Wildman–Crippen LogP) is 4.29. The Morgan fingerprint density at radius 3 is 2.62 bits per heavy atom. The lowest BCUT2D eigenvalue weighted by atomic mass is 10.2. The molecule has 0 radical (unpaired) electrons. The maximum absolute atomic E-state index is 8.86. The zero-order chi connectivity index (χ0) is 15.0. The van der Waals surface area contributed by atoms with Crippen molar-refractivity contribution < 1.29 is 0 Å². The molecular weight excluding hydrogens is 304 g/mol. The summed E-state index contributed by atoms with van der Waals surface area (Å²) in [5, 5.41) is 10.1. The highest BCUT2D eigenvalue weighted by molar-refractivity contribution is 7.18. The van der Waals surface area contributed by atoms with Crippen LogP contribution in [0.4, 0.5) is 11.5 Å². The van der Waals surface area contributed by atoms with Gasteiger partial charge >= 0.3 is 0 Å². The summed E-state index contributed by atoms with van der Waals surface area (Å²) in [5.74, 6) is 0.763. The third kappa shape index (κ3) is 2.56. The minimum atomic E-state index is 0.236. The van der Waals surface area contributed by atoms with Crippen LogP contribution >= 0.6 is 22.9 Å². The molecule has 0 bridgehead atoms. The Morgan fingerprint density at radius 2 is 1.95 bits per heavy atom. The van der Waals surface area contributed by atoms with Crippen molar-refractivity contribution in [2.45, 2.75) is 6.92 Å². The van der Waals surface area contributed by atoms with Crippen molar-refractivity contribution in [3.05, 3.63) is 46.1 Å². The molecule has 4 nitrogen and oxygen atoms in total. The van der Waals surface area contributed by atoms with E-state index in [2.05, 4.69) is 22.1 Å². The van der Waals surface area contributed by atoms with Gasteiger partial charge in [-0.1, -0.05) is 0 Å². The summed E-state index contributed by atoms with van der Waals surface area (Å²) in [6.45, 7) is 2.03. The Balaban J connectivity index is 2.12. The average Bonchev–Trinajstić information content (AvgIpc) is 2.85. The molecular formula is C15H11ClN4S. The Bertz CT molecular complexity index is 848. The molecule has 0 N–H and O–H groups in total. The molecule has 0 atom stereocenters. The van der Waals surface area contributed by atoms with Crippen molar-refractivity contribution in [1.82, 2.24) is 9.97 Å². The standard InChI is InChI=1S/C15H11ClN4S/c1-9-7-12-13(18-15(16)19-14(12)21-9)20(2)11-5-3-10(8-17)4-6-11/h3-7H,1-2H3. The zero-order valence-electron chi connectivity index (χ0n) is 11.5. The van der Waals surface area contributed by atoms with Crippen molar-refractivity contribution in [2.24, 2.45) is 0 Å². The average molecular weight is 315 g/mol. The number of halogens is 1. The molecule has 0 fully saturated rings. The van der Waals surface area contributed by atoms with Gasteiger partial charge in [0.2, 0.25) is 5.28 Å². The van der Waals surface area contributed by atoms with Gasteiger partial charge in [0.25, 0.3) is 0 Å². The number of aromatic nitrogens is 2. The molecule has 1 aromatic carbocycles. The first-order valence-electron chi connectivity index (χ1n) is 6.26. The fourth-order valence-electron chi connectivity index (χ4n) is 2.14. The lowest BCUT2D eigenvalue weighted by Crippen LogP contribution is -2.12. The monoisotopic (exact) mass is 314 g/mol. The molecule has 0 saturated carbocycles. The summed E-state index contributed by atoms with van der Waals surface area (Å²) >= 11 is 7.62. The Kier molecular flexibility index (Phi) is 3.50. The lowest BCUT2D eigenvalue weighted by molar-refractivity contribution is 1.11. The van der Waals surface area contributed by atoms with Crippen LogP contribution in [-0.4, -0.2) is 17.0 Å². The summed E-state index contributed by atoms with van der Waals surface area (Å²) in [6.07, 6.45) is 0. The first-order chi connectivity index (χ1) is 10.1. The van der Waals surface area contributed by atoms with E-state index in [1.807, 2.05) is 31.0 Å². The topological polar surface area (TPSA) is 52.8 Å². The van der Waals surface area contributed by atoms with Gasteiger partial charge in [0.1, 0.15) is 10.6 Å². The van der Waals surface area contributed by atoms with Crippen molar-refractivity contribution in [3.63, 3.8) is 0 Å². The highest BCUT2D eigenvalue weighted by atomic mass is 35.5. The van der Waals surface area contributed by atoms with Gasteiger partial charge in [-0.3, -0.25) is 0 Å². The Labute approximate surface area is 131 Å². The molecule has 0 unspecified atom stereocenters. The van der Waals surface area contributed by atoms with Crippen LogP contribution in [-0.2, 0) is 0 Å². The van der Waals surface area contributed by atoms with Crippen LogP contribution < -0.4 is 4.90 Å². The van der Waals surface area contributed by atoms with E-state index in [0.29, 0.717) is 5.56 Å². The van der Waals surface area contributed by atoms with Crippen LogP contribution in [0.15, 0.2) is 30.3 Å². The number of hydrogen-bond acceptors (Lipinski definition) is 5. The third-order valence-corrected chi connectivity index (χ3v) is 4.28. The van der Waals surface area contributed by atoms with Gasteiger partial charge in [-0.05, 0) is 48.9 Å². The first-order valence-corrected chi connectivity index (χ1v) is 7.45. The molecule has 0 spiro atoms. The van der Waals surface area contributed by atoms with Crippen molar-refractivity contribution in [3.8, 4) is 6.07 Å². The van der Waals surface area contributed by atoms with E-state index < -0.39 is 0 Å². The van der Waals surface area contributed by atoms with Crippen LogP contribution in [0, 0.1) is 18.3 Å². The molecule has 2 heterocycles. The van der Waals surface area contributed by atoms with E-state index in [1.54, 1.807) is 23.5 Å². The maximum Gasteiger partial charge on any atom is 0.225 e. The molecule has 0 amide bonds. The van der Waals surface area contributed by atoms with Gasteiger partial charge in [0.15, 0.2) is 0 Å². The molecule has 3 aromatic rings. The van der Waals surface area contributed by atoms with E-state index in [9.17, 15) is 0 Å². The number of aryl methyl sites for hydroxylation is 1. The molecule has 2 aromatic heterocycles. The minimum absolute atomic E-state index is 0.236. The SMILES string of the molecule is Cc1cc2c(N(C)c3ccc(C#N)cc3)nc(Cl)nc2s1. The van der Waals surface area contributed by atoms with Gasteiger partial charge in [-0.25, -0.2) is 4.98 Å². The number of fused-ring (bicyclic) bond motifs is 1. The molecule has 0 aliphatic carbocycles. The normalized spacial score (nSPS) is 10.6. The Hall–Kier alpha value is -2.16. The second kappa shape index (κ2) is 5.32. The lowest BCUT2D eigenvalue weighted by Gasteiger charge is -2.19. The van der Waals surface area contributed by atoms with Crippen LogP contribution in [0.3, 0.4) is 0 Å². The zero-order valence-corrected chi connectivity index (χ0v) is 13.0. The number of anilines is 2. The van der Waals surface area contributed by atoms with Crippen LogP contribution in [0.25, 0.3) is 10.2 Å². The van der Waals surface area contributed by atoms with Crippen LogP contribution in [0.1, 0.15) is 10.4 Å². The fraction of sp³-hybridized carbons (Fsp3) is 0.133. The van der Waals surface area contributed by atoms with Gasteiger partial charge in [-0.15, -0.1) is 11.3 Å². The largest absolute Gasteiger partial charge is 0.329 e. The number of nitrogens with zero attached hydrogens (tertiary/aromatic N) is 4. The van der Waals surface area contributed by atoms with Gasteiger partial charge in [-0.2, -0.15) is 10.2 Å². The quantitative estimate of drug-likeness (QED) is 0.662. The smallest absolute Gasteiger partial charge is 0.225 e.